The van der Waals surface area contributed by atoms with Crippen molar-refractivity contribution in [2.75, 3.05) is 6.61 Å². The Morgan fingerprint density at radius 3 is 2.85 bits per heavy atom. The van der Waals surface area contributed by atoms with Gasteiger partial charge >= 0.3 is 5.97 Å². The molecule has 0 aliphatic carbocycles. The van der Waals surface area contributed by atoms with Crippen LogP contribution in [0.25, 0.3) is 0 Å². The molecule has 0 fully saturated rings. The van der Waals surface area contributed by atoms with Crippen molar-refractivity contribution in [2.24, 2.45) is 5.92 Å². The fraction of sp³-hybridized carbons (Fsp3) is 0.545. The van der Waals surface area contributed by atoms with E-state index < -0.39 is 0 Å². The smallest absolute Gasteiger partial charge is 0.330 e. The van der Waals surface area contributed by atoms with E-state index in [1.165, 1.54) is 6.08 Å². The summed E-state index contributed by atoms with van der Waals surface area (Å²) in [6.07, 6.45) is 7.17. The number of carbonyl (C=O) groups excluding carboxylic acids is 1. The zero-order valence-electron chi connectivity index (χ0n) is 8.45. The third kappa shape index (κ3) is 7.32. The lowest BCUT2D eigenvalue weighted by Crippen LogP contribution is -1.98. The largest absolute Gasteiger partial charge is 0.463 e. The van der Waals surface area contributed by atoms with E-state index >= 15 is 0 Å². The molecule has 0 aromatic heterocycles. The highest BCUT2D eigenvalue weighted by Gasteiger charge is 1.95. The van der Waals surface area contributed by atoms with Crippen molar-refractivity contribution in [3.63, 3.8) is 0 Å². The van der Waals surface area contributed by atoms with Crippen LogP contribution in [0.1, 0.15) is 26.7 Å². The third-order valence-electron chi connectivity index (χ3n) is 1.73. The molecule has 0 aromatic carbocycles. The van der Waals surface area contributed by atoms with E-state index in [0.717, 1.165) is 12.8 Å². The van der Waals surface area contributed by atoms with Gasteiger partial charge in [0, 0.05) is 6.08 Å². The molecular formula is C11H18O2. The lowest BCUT2D eigenvalue weighted by atomic mass is 10.1. The van der Waals surface area contributed by atoms with Crippen molar-refractivity contribution in [2.45, 2.75) is 26.7 Å². The predicted molar refractivity (Wildman–Crippen MR) is 54.4 cm³/mol. The van der Waals surface area contributed by atoms with E-state index in [1.807, 2.05) is 12.2 Å². The number of ether oxygens (including phenoxy) is 1. The lowest BCUT2D eigenvalue weighted by molar-refractivity contribution is -0.137. The Bertz CT molecular complexity index is 183. The minimum Gasteiger partial charge on any atom is -0.463 e. The average molecular weight is 182 g/mol. The molecular weight excluding hydrogens is 164 g/mol. The van der Waals surface area contributed by atoms with Gasteiger partial charge in [0.15, 0.2) is 0 Å². The maximum Gasteiger partial charge on any atom is 0.330 e. The predicted octanol–water partition coefficient (Wildman–Crippen LogP) is 2.71. The molecule has 2 nitrogen and oxygen atoms in total. The Balaban J connectivity index is 3.51. The van der Waals surface area contributed by atoms with E-state index in [1.54, 1.807) is 6.92 Å². The highest BCUT2D eigenvalue weighted by atomic mass is 16.5. The van der Waals surface area contributed by atoms with E-state index in [-0.39, 0.29) is 5.97 Å². The minimum atomic E-state index is -0.256. The second-order valence-corrected chi connectivity index (χ2v) is 2.94. The van der Waals surface area contributed by atoms with Gasteiger partial charge in [-0.1, -0.05) is 19.1 Å². The summed E-state index contributed by atoms with van der Waals surface area (Å²) in [5.41, 5.74) is 0. The lowest BCUT2D eigenvalue weighted by Gasteiger charge is -2.00. The Morgan fingerprint density at radius 2 is 2.31 bits per heavy atom. The molecule has 0 unspecified atom stereocenters. The molecule has 74 valence electrons. The fourth-order valence-corrected chi connectivity index (χ4v) is 0.847. The summed E-state index contributed by atoms with van der Waals surface area (Å²) >= 11 is 0. The topological polar surface area (TPSA) is 26.3 Å². The number of rotatable bonds is 6. The highest BCUT2D eigenvalue weighted by Crippen LogP contribution is 2.06. The van der Waals surface area contributed by atoms with Crippen LogP contribution < -0.4 is 0 Å². The van der Waals surface area contributed by atoms with Gasteiger partial charge in [-0.15, -0.1) is 6.58 Å². The Labute approximate surface area is 80.3 Å². The zero-order chi connectivity index (χ0) is 10.1. The second-order valence-electron chi connectivity index (χ2n) is 2.94. The summed E-state index contributed by atoms with van der Waals surface area (Å²) in [5, 5.41) is 0. The molecule has 0 N–H and O–H groups in total. The van der Waals surface area contributed by atoms with Gasteiger partial charge in [0.25, 0.3) is 0 Å². The average Bonchev–Trinajstić information content (AvgIpc) is 2.12. The first-order valence-electron chi connectivity index (χ1n) is 4.66. The zero-order valence-corrected chi connectivity index (χ0v) is 8.45. The van der Waals surface area contributed by atoms with Gasteiger partial charge in [0.2, 0.25) is 0 Å². The van der Waals surface area contributed by atoms with Crippen molar-refractivity contribution in [3.05, 3.63) is 24.8 Å². The van der Waals surface area contributed by atoms with E-state index in [9.17, 15) is 4.79 Å². The number of hydrogen-bond acceptors (Lipinski definition) is 2. The van der Waals surface area contributed by atoms with Crippen LogP contribution in [-0.2, 0) is 9.53 Å². The fourth-order valence-electron chi connectivity index (χ4n) is 0.847. The molecule has 0 heterocycles. The Hall–Kier alpha value is -1.05. The molecule has 0 rings (SSSR count). The number of hydrogen-bond donors (Lipinski definition) is 0. The van der Waals surface area contributed by atoms with Crippen molar-refractivity contribution < 1.29 is 9.53 Å². The van der Waals surface area contributed by atoms with Gasteiger partial charge in [-0.05, 0) is 25.7 Å². The first kappa shape index (κ1) is 11.9. The van der Waals surface area contributed by atoms with Crippen LogP contribution >= 0.6 is 0 Å². The molecule has 0 radical (unpaired) electrons. The molecule has 0 aliphatic rings. The third-order valence-corrected chi connectivity index (χ3v) is 1.73. The molecule has 0 amide bonds. The molecule has 0 bridgehead atoms. The van der Waals surface area contributed by atoms with Gasteiger partial charge in [-0.2, -0.15) is 0 Å². The van der Waals surface area contributed by atoms with Crippen molar-refractivity contribution in [1.82, 2.24) is 0 Å². The van der Waals surface area contributed by atoms with Crippen molar-refractivity contribution in [3.8, 4) is 0 Å². The molecule has 0 saturated heterocycles. The molecule has 0 aliphatic heterocycles. The van der Waals surface area contributed by atoms with Crippen LogP contribution in [0, 0.1) is 5.92 Å². The SMILES string of the molecule is C=C[C@H](C)CC/C=C/C(=O)OCC. The van der Waals surface area contributed by atoms with Gasteiger partial charge in [-0.25, -0.2) is 4.79 Å². The number of esters is 1. The molecule has 13 heavy (non-hydrogen) atoms. The van der Waals surface area contributed by atoms with Crippen LogP contribution in [0.2, 0.25) is 0 Å². The summed E-state index contributed by atoms with van der Waals surface area (Å²) in [7, 11) is 0. The summed E-state index contributed by atoms with van der Waals surface area (Å²) < 4.78 is 4.73. The maximum atomic E-state index is 10.8. The molecule has 0 saturated carbocycles. The Morgan fingerprint density at radius 1 is 1.62 bits per heavy atom. The normalized spacial score (nSPS) is 12.8. The first-order chi connectivity index (χ1) is 6.20. The molecule has 1 atom stereocenters. The first-order valence-corrected chi connectivity index (χ1v) is 4.66. The van der Waals surface area contributed by atoms with Crippen LogP contribution in [0.3, 0.4) is 0 Å². The van der Waals surface area contributed by atoms with Gasteiger partial charge < -0.3 is 4.74 Å². The van der Waals surface area contributed by atoms with E-state index in [4.69, 9.17) is 4.74 Å². The van der Waals surface area contributed by atoms with Gasteiger partial charge in [0.05, 0.1) is 6.61 Å². The van der Waals surface area contributed by atoms with Crippen molar-refractivity contribution in [1.29, 1.82) is 0 Å². The molecule has 0 aromatic rings. The summed E-state index contributed by atoms with van der Waals surface area (Å²) in [6, 6.07) is 0. The van der Waals surface area contributed by atoms with E-state index in [0.29, 0.717) is 12.5 Å². The quantitative estimate of drug-likeness (QED) is 0.358. The summed E-state index contributed by atoms with van der Waals surface area (Å²) in [5.74, 6) is 0.251. The number of carbonyl (C=O) groups is 1. The Kier molecular flexibility index (Phi) is 6.98. The number of allylic oxidation sites excluding steroid dienone is 2. The second kappa shape index (κ2) is 7.59. The van der Waals surface area contributed by atoms with Crippen molar-refractivity contribution >= 4 is 5.97 Å². The summed E-state index contributed by atoms with van der Waals surface area (Å²) in [6.45, 7) is 8.02. The maximum absolute atomic E-state index is 10.8. The van der Waals surface area contributed by atoms with Gasteiger partial charge in [-0.3, -0.25) is 0 Å². The van der Waals surface area contributed by atoms with Crippen LogP contribution in [0.15, 0.2) is 24.8 Å². The summed E-state index contributed by atoms with van der Waals surface area (Å²) in [4.78, 5) is 10.8. The minimum absolute atomic E-state index is 0.256. The monoisotopic (exact) mass is 182 g/mol. The van der Waals surface area contributed by atoms with Crippen LogP contribution in [0.4, 0.5) is 0 Å². The molecule has 2 heteroatoms. The standard InChI is InChI=1S/C11H18O2/c1-4-10(3)8-6-7-9-11(12)13-5-2/h4,7,9-10H,1,5-6,8H2,2-3H3/b9-7+/t10-/m0/s1. The highest BCUT2D eigenvalue weighted by molar-refractivity contribution is 5.81. The van der Waals surface area contributed by atoms with Crippen LogP contribution in [0.5, 0.6) is 0 Å². The molecule has 0 spiro atoms. The van der Waals surface area contributed by atoms with Crippen LogP contribution in [-0.4, -0.2) is 12.6 Å². The van der Waals surface area contributed by atoms with Gasteiger partial charge in [0.1, 0.15) is 0 Å². The van der Waals surface area contributed by atoms with E-state index in [2.05, 4.69) is 13.5 Å².